The SMILES string of the molecule is Cc1cc(C(=O)Cn2cnc3c(cnn3C)c2=O)c(C)n1C(C)c1ccccc1. The van der Waals surface area contributed by atoms with Gasteiger partial charge in [-0.3, -0.25) is 18.8 Å². The molecule has 3 aromatic heterocycles. The zero-order chi connectivity index (χ0) is 20.7. The average Bonchev–Trinajstić information content (AvgIpc) is 3.24. The molecule has 0 N–H and O–H groups in total. The zero-order valence-corrected chi connectivity index (χ0v) is 17.0. The normalized spacial score (nSPS) is 12.4. The van der Waals surface area contributed by atoms with Crippen LogP contribution in [0.5, 0.6) is 0 Å². The lowest BCUT2D eigenvalue weighted by Gasteiger charge is -2.19. The van der Waals surface area contributed by atoms with E-state index in [-0.39, 0.29) is 23.9 Å². The van der Waals surface area contributed by atoms with E-state index in [9.17, 15) is 9.59 Å². The highest BCUT2D eigenvalue weighted by atomic mass is 16.1. The maximum atomic E-state index is 13.0. The van der Waals surface area contributed by atoms with Gasteiger partial charge >= 0.3 is 0 Å². The molecule has 0 aliphatic heterocycles. The summed E-state index contributed by atoms with van der Waals surface area (Å²) in [5.74, 6) is -0.114. The van der Waals surface area contributed by atoms with Crippen LogP contribution >= 0.6 is 0 Å². The van der Waals surface area contributed by atoms with Crippen LogP contribution in [0.15, 0.2) is 53.7 Å². The number of Topliss-reactive ketones (excluding diaryl/α,β-unsaturated/α-hetero) is 1. The molecule has 4 rings (SSSR count). The minimum absolute atomic E-state index is 0.0549. The van der Waals surface area contributed by atoms with Crippen molar-refractivity contribution < 1.29 is 4.79 Å². The lowest BCUT2D eigenvalue weighted by molar-refractivity contribution is 0.0970. The second-order valence-corrected chi connectivity index (χ2v) is 7.35. The lowest BCUT2D eigenvalue weighted by atomic mass is 10.1. The minimum Gasteiger partial charge on any atom is -0.341 e. The van der Waals surface area contributed by atoms with Crippen LogP contribution < -0.4 is 5.56 Å². The van der Waals surface area contributed by atoms with Gasteiger partial charge in [-0.15, -0.1) is 0 Å². The molecule has 0 radical (unpaired) electrons. The van der Waals surface area contributed by atoms with Crippen LogP contribution in [0.25, 0.3) is 11.0 Å². The van der Waals surface area contributed by atoms with E-state index in [1.165, 1.54) is 22.7 Å². The van der Waals surface area contributed by atoms with Crippen LogP contribution in [-0.4, -0.2) is 29.7 Å². The Kier molecular flexibility index (Phi) is 4.66. The first-order valence-corrected chi connectivity index (χ1v) is 9.52. The maximum Gasteiger partial charge on any atom is 0.264 e. The van der Waals surface area contributed by atoms with Crippen molar-refractivity contribution in [2.24, 2.45) is 7.05 Å². The van der Waals surface area contributed by atoms with E-state index in [0.29, 0.717) is 16.6 Å². The monoisotopic (exact) mass is 389 g/mol. The maximum absolute atomic E-state index is 13.0. The van der Waals surface area contributed by atoms with Crippen molar-refractivity contribution in [3.63, 3.8) is 0 Å². The number of aryl methyl sites for hydroxylation is 2. The first kappa shape index (κ1) is 18.9. The second-order valence-electron chi connectivity index (χ2n) is 7.35. The van der Waals surface area contributed by atoms with Gasteiger partial charge in [0.1, 0.15) is 11.7 Å². The molecular weight excluding hydrogens is 366 g/mol. The Hall–Kier alpha value is -3.48. The Bertz CT molecular complexity index is 1260. The number of aromatic nitrogens is 5. The number of carbonyl (C=O) groups is 1. The van der Waals surface area contributed by atoms with Crippen molar-refractivity contribution in [3.8, 4) is 0 Å². The van der Waals surface area contributed by atoms with E-state index < -0.39 is 0 Å². The lowest BCUT2D eigenvalue weighted by Crippen LogP contribution is -2.25. The largest absolute Gasteiger partial charge is 0.341 e. The molecule has 1 aromatic carbocycles. The third-order valence-electron chi connectivity index (χ3n) is 5.49. The van der Waals surface area contributed by atoms with Gasteiger partial charge in [-0.1, -0.05) is 30.3 Å². The molecule has 0 saturated heterocycles. The predicted octanol–water partition coefficient (Wildman–Crippen LogP) is 3.04. The number of hydrogen-bond donors (Lipinski definition) is 0. The number of fused-ring (bicyclic) bond motifs is 1. The second kappa shape index (κ2) is 7.16. The molecule has 148 valence electrons. The Balaban J connectivity index is 1.67. The summed E-state index contributed by atoms with van der Waals surface area (Å²) >= 11 is 0. The summed E-state index contributed by atoms with van der Waals surface area (Å²) in [5, 5.41) is 4.47. The van der Waals surface area contributed by atoms with Crippen LogP contribution in [0.1, 0.15) is 40.3 Å². The van der Waals surface area contributed by atoms with Crippen LogP contribution in [0.2, 0.25) is 0 Å². The molecule has 0 fully saturated rings. The highest BCUT2D eigenvalue weighted by Crippen LogP contribution is 2.26. The number of ketones is 1. The van der Waals surface area contributed by atoms with Gasteiger partial charge in [0.05, 0.1) is 18.8 Å². The van der Waals surface area contributed by atoms with Crippen molar-refractivity contribution in [2.45, 2.75) is 33.4 Å². The summed E-state index contributed by atoms with van der Waals surface area (Å²) in [4.78, 5) is 30.0. The first-order chi connectivity index (χ1) is 13.9. The fourth-order valence-corrected chi connectivity index (χ4v) is 3.96. The van der Waals surface area contributed by atoms with Crippen molar-refractivity contribution >= 4 is 16.8 Å². The number of rotatable bonds is 5. The smallest absolute Gasteiger partial charge is 0.264 e. The minimum atomic E-state index is -0.261. The molecule has 1 unspecified atom stereocenters. The Labute approximate surface area is 168 Å². The molecule has 7 heteroatoms. The molecule has 0 saturated carbocycles. The molecule has 7 nitrogen and oxygen atoms in total. The van der Waals surface area contributed by atoms with Crippen molar-refractivity contribution in [1.29, 1.82) is 0 Å². The highest BCUT2D eigenvalue weighted by Gasteiger charge is 2.20. The van der Waals surface area contributed by atoms with Crippen molar-refractivity contribution in [3.05, 3.63) is 81.8 Å². The molecule has 3 heterocycles. The molecular formula is C22H23N5O2. The van der Waals surface area contributed by atoms with Gasteiger partial charge in [-0.25, -0.2) is 4.98 Å². The van der Waals surface area contributed by atoms with E-state index in [1.54, 1.807) is 11.7 Å². The average molecular weight is 389 g/mol. The predicted molar refractivity (Wildman–Crippen MR) is 111 cm³/mol. The summed E-state index contributed by atoms with van der Waals surface area (Å²) in [7, 11) is 1.73. The van der Waals surface area contributed by atoms with Crippen LogP contribution in [0, 0.1) is 13.8 Å². The number of carbonyl (C=O) groups excluding carboxylic acids is 1. The molecule has 4 aromatic rings. The van der Waals surface area contributed by atoms with E-state index in [2.05, 4.69) is 33.7 Å². The number of hydrogen-bond acceptors (Lipinski definition) is 4. The van der Waals surface area contributed by atoms with E-state index in [4.69, 9.17) is 0 Å². The third kappa shape index (κ3) is 3.18. The Morgan fingerprint density at radius 2 is 1.90 bits per heavy atom. The van der Waals surface area contributed by atoms with E-state index in [1.807, 2.05) is 38.1 Å². The Morgan fingerprint density at radius 3 is 2.62 bits per heavy atom. The Morgan fingerprint density at radius 1 is 1.17 bits per heavy atom. The van der Waals surface area contributed by atoms with Gasteiger partial charge < -0.3 is 4.57 Å². The topological polar surface area (TPSA) is 74.7 Å². The fraction of sp³-hybridized carbons (Fsp3) is 0.273. The number of nitrogens with zero attached hydrogens (tertiary/aromatic N) is 5. The standard InChI is InChI=1S/C22H23N5O2/c1-14-10-18(16(3)27(14)15(2)17-8-6-5-7-9-17)20(28)12-26-13-23-21-19(22(26)29)11-24-25(21)4/h5-11,13,15H,12H2,1-4H3. The van der Waals surface area contributed by atoms with Gasteiger partial charge in [-0.2, -0.15) is 5.10 Å². The molecule has 0 spiro atoms. The van der Waals surface area contributed by atoms with Gasteiger partial charge in [0.25, 0.3) is 5.56 Å². The summed E-state index contributed by atoms with van der Waals surface area (Å²) in [5.41, 5.74) is 3.96. The van der Waals surface area contributed by atoms with Crippen LogP contribution in [0.3, 0.4) is 0 Å². The quantitative estimate of drug-likeness (QED) is 0.492. The van der Waals surface area contributed by atoms with Crippen LogP contribution in [0.4, 0.5) is 0 Å². The van der Waals surface area contributed by atoms with Crippen molar-refractivity contribution in [2.75, 3.05) is 0 Å². The summed E-state index contributed by atoms with van der Waals surface area (Å²) in [6, 6.07) is 12.2. The number of benzene rings is 1. The molecule has 29 heavy (non-hydrogen) atoms. The zero-order valence-electron chi connectivity index (χ0n) is 17.0. The van der Waals surface area contributed by atoms with Crippen LogP contribution in [-0.2, 0) is 13.6 Å². The van der Waals surface area contributed by atoms with Crippen molar-refractivity contribution in [1.82, 2.24) is 23.9 Å². The fourth-order valence-electron chi connectivity index (χ4n) is 3.96. The molecule has 0 aliphatic rings. The molecule has 0 amide bonds. The molecule has 0 aliphatic carbocycles. The summed E-state index contributed by atoms with van der Waals surface area (Å²) < 4.78 is 5.05. The summed E-state index contributed by atoms with van der Waals surface area (Å²) in [6.07, 6.45) is 2.90. The highest BCUT2D eigenvalue weighted by molar-refractivity contribution is 5.97. The van der Waals surface area contributed by atoms with Gasteiger partial charge in [-0.05, 0) is 32.4 Å². The molecule has 1 atom stereocenters. The van der Waals surface area contributed by atoms with E-state index in [0.717, 1.165) is 11.4 Å². The van der Waals surface area contributed by atoms with Gasteiger partial charge in [0.2, 0.25) is 0 Å². The summed E-state index contributed by atoms with van der Waals surface area (Å²) in [6.45, 7) is 6.01. The first-order valence-electron chi connectivity index (χ1n) is 9.52. The van der Waals surface area contributed by atoms with E-state index >= 15 is 0 Å². The van der Waals surface area contributed by atoms with Gasteiger partial charge in [0.15, 0.2) is 11.4 Å². The van der Waals surface area contributed by atoms with Gasteiger partial charge in [0, 0.05) is 24.0 Å². The third-order valence-corrected chi connectivity index (χ3v) is 5.49. The molecule has 0 bridgehead atoms.